The SMILES string of the molecule is NCCc1c(-c2ccccn2)nc2sc3c(n12)CCC3. The number of hydrogen-bond donors (Lipinski definition) is 1. The van der Waals surface area contributed by atoms with Crippen LogP contribution in [0.2, 0.25) is 0 Å². The minimum Gasteiger partial charge on any atom is -0.330 e. The van der Waals surface area contributed by atoms with Crippen molar-refractivity contribution in [3.63, 3.8) is 0 Å². The van der Waals surface area contributed by atoms with Gasteiger partial charge in [0.2, 0.25) is 0 Å². The highest BCUT2D eigenvalue weighted by Crippen LogP contribution is 2.35. The van der Waals surface area contributed by atoms with E-state index in [0.717, 1.165) is 29.2 Å². The Morgan fingerprint density at radius 2 is 2.25 bits per heavy atom. The van der Waals surface area contributed by atoms with Crippen LogP contribution in [0.3, 0.4) is 0 Å². The zero-order valence-corrected chi connectivity index (χ0v) is 12.0. The Labute approximate surface area is 121 Å². The number of thiazole rings is 1. The van der Waals surface area contributed by atoms with Crippen molar-refractivity contribution in [2.24, 2.45) is 5.73 Å². The van der Waals surface area contributed by atoms with E-state index >= 15 is 0 Å². The monoisotopic (exact) mass is 284 g/mol. The van der Waals surface area contributed by atoms with Crippen molar-refractivity contribution in [1.29, 1.82) is 0 Å². The van der Waals surface area contributed by atoms with Crippen molar-refractivity contribution in [1.82, 2.24) is 14.4 Å². The molecule has 0 spiro atoms. The molecule has 0 amide bonds. The number of nitrogens with two attached hydrogens (primary N) is 1. The Morgan fingerprint density at radius 1 is 1.30 bits per heavy atom. The molecule has 1 aliphatic rings. The molecule has 5 heteroatoms. The van der Waals surface area contributed by atoms with Crippen LogP contribution in [-0.4, -0.2) is 20.9 Å². The van der Waals surface area contributed by atoms with Gasteiger partial charge in [0.1, 0.15) is 5.69 Å². The number of pyridine rings is 1. The summed E-state index contributed by atoms with van der Waals surface area (Å²) >= 11 is 1.83. The van der Waals surface area contributed by atoms with Crippen LogP contribution >= 0.6 is 11.3 Å². The number of fused-ring (bicyclic) bond motifs is 3. The summed E-state index contributed by atoms with van der Waals surface area (Å²) < 4.78 is 2.34. The van der Waals surface area contributed by atoms with E-state index in [9.17, 15) is 0 Å². The zero-order valence-electron chi connectivity index (χ0n) is 11.2. The average Bonchev–Trinajstić information content (AvgIpc) is 3.12. The fourth-order valence-corrected chi connectivity index (χ4v) is 4.24. The van der Waals surface area contributed by atoms with E-state index in [1.54, 1.807) is 0 Å². The molecule has 0 aromatic carbocycles. The first kappa shape index (κ1) is 12.1. The molecule has 0 unspecified atom stereocenters. The van der Waals surface area contributed by atoms with Gasteiger partial charge in [0.25, 0.3) is 0 Å². The predicted molar refractivity (Wildman–Crippen MR) is 81.1 cm³/mol. The van der Waals surface area contributed by atoms with Gasteiger partial charge in [-0.15, -0.1) is 11.3 Å². The van der Waals surface area contributed by atoms with Crippen molar-refractivity contribution in [2.75, 3.05) is 6.54 Å². The summed E-state index contributed by atoms with van der Waals surface area (Å²) in [6.45, 7) is 0.637. The van der Waals surface area contributed by atoms with Crippen molar-refractivity contribution in [2.45, 2.75) is 25.7 Å². The number of rotatable bonds is 3. The van der Waals surface area contributed by atoms with Gasteiger partial charge in [-0.2, -0.15) is 0 Å². The Morgan fingerprint density at radius 3 is 3.05 bits per heavy atom. The minimum atomic E-state index is 0.637. The first-order valence-electron chi connectivity index (χ1n) is 7.02. The Hall–Kier alpha value is -1.72. The van der Waals surface area contributed by atoms with Crippen molar-refractivity contribution < 1.29 is 0 Å². The summed E-state index contributed by atoms with van der Waals surface area (Å²) in [4.78, 5) is 11.9. The fraction of sp³-hybridized carbons (Fsp3) is 0.333. The normalized spacial score (nSPS) is 14.1. The summed E-state index contributed by atoms with van der Waals surface area (Å²) in [5, 5.41) is 0. The van der Waals surface area contributed by atoms with E-state index < -0.39 is 0 Å². The quantitative estimate of drug-likeness (QED) is 0.803. The Bertz CT molecular complexity index is 757. The summed E-state index contributed by atoms with van der Waals surface area (Å²) in [5.41, 5.74) is 10.4. The molecule has 3 heterocycles. The smallest absolute Gasteiger partial charge is 0.195 e. The molecule has 0 radical (unpaired) electrons. The molecular weight excluding hydrogens is 268 g/mol. The van der Waals surface area contributed by atoms with E-state index in [0.29, 0.717) is 6.54 Å². The first-order valence-corrected chi connectivity index (χ1v) is 7.83. The molecule has 3 aromatic heterocycles. The van der Waals surface area contributed by atoms with E-state index in [-0.39, 0.29) is 0 Å². The van der Waals surface area contributed by atoms with E-state index in [4.69, 9.17) is 10.7 Å². The van der Waals surface area contributed by atoms with Crippen LogP contribution in [-0.2, 0) is 19.3 Å². The Balaban J connectivity index is 1.97. The largest absolute Gasteiger partial charge is 0.330 e. The highest BCUT2D eigenvalue weighted by molar-refractivity contribution is 7.17. The van der Waals surface area contributed by atoms with Crippen molar-refractivity contribution in [3.05, 3.63) is 40.7 Å². The third-order valence-electron chi connectivity index (χ3n) is 3.85. The lowest BCUT2D eigenvalue weighted by Crippen LogP contribution is -2.07. The third kappa shape index (κ3) is 1.70. The molecule has 0 fully saturated rings. The molecular formula is C15H16N4S. The van der Waals surface area contributed by atoms with Gasteiger partial charge in [-0.3, -0.25) is 9.38 Å². The van der Waals surface area contributed by atoms with E-state index in [2.05, 4.69) is 9.38 Å². The lowest BCUT2D eigenvalue weighted by Gasteiger charge is -2.04. The second-order valence-corrected chi connectivity index (χ2v) is 6.17. The summed E-state index contributed by atoms with van der Waals surface area (Å²) in [6, 6.07) is 5.96. The molecule has 4 nitrogen and oxygen atoms in total. The lowest BCUT2D eigenvalue weighted by atomic mass is 10.2. The number of nitrogens with zero attached hydrogens (tertiary/aromatic N) is 3. The second-order valence-electron chi connectivity index (χ2n) is 5.10. The fourth-order valence-electron chi connectivity index (χ4n) is 3.01. The average molecular weight is 284 g/mol. The van der Waals surface area contributed by atoms with Gasteiger partial charge in [0.05, 0.1) is 11.4 Å². The van der Waals surface area contributed by atoms with Crippen molar-refractivity contribution >= 4 is 16.3 Å². The topological polar surface area (TPSA) is 56.2 Å². The minimum absolute atomic E-state index is 0.637. The summed E-state index contributed by atoms with van der Waals surface area (Å²) in [6.07, 6.45) is 6.28. The van der Waals surface area contributed by atoms with Crippen molar-refractivity contribution in [3.8, 4) is 11.4 Å². The molecule has 4 rings (SSSR count). The van der Waals surface area contributed by atoms with Crippen LogP contribution < -0.4 is 5.73 Å². The molecule has 3 aromatic rings. The van der Waals surface area contributed by atoms with Gasteiger partial charge < -0.3 is 5.73 Å². The number of aryl methyl sites for hydroxylation is 2. The molecule has 1 aliphatic carbocycles. The van der Waals surface area contributed by atoms with E-state index in [1.165, 1.54) is 29.1 Å². The number of imidazole rings is 1. The van der Waals surface area contributed by atoms with Crippen LogP contribution in [0, 0.1) is 0 Å². The highest BCUT2D eigenvalue weighted by Gasteiger charge is 2.24. The van der Waals surface area contributed by atoms with Crippen LogP contribution in [0.4, 0.5) is 0 Å². The number of hydrogen-bond acceptors (Lipinski definition) is 4. The van der Waals surface area contributed by atoms with Gasteiger partial charge in [-0.05, 0) is 37.9 Å². The molecule has 2 N–H and O–H groups in total. The summed E-state index contributed by atoms with van der Waals surface area (Å²) in [7, 11) is 0. The molecule has 0 aliphatic heterocycles. The predicted octanol–water partition coefficient (Wildman–Crippen LogP) is 2.45. The molecule has 0 atom stereocenters. The maximum atomic E-state index is 5.81. The van der Waals surface area contributed by atoms with Crippen LogP contribution in [0.5, 0.6) is 0 Å². The van der Waals surface area contributed by atoms with E-state index in [1.807, 2.05) is 35.7 Å². The second kappa shape index (κ2) is 4.68. The van der Waals surface area contributed by atoms with Gasteiger partial charge in [0, 0.05) is 23.2 Å². The molecule has 0 bridgehead atoms. The van der Waals surface area contributed by atoms with Crippen LogP contribution in [0.25, 0.3) is 16.3 Å². The molecule has 0 saturated carbocycles. The highest BCUT2D eigenvalue weighted by atomic mass is 32.1. The molecule has 102 valence electrons. The summed E-state index contributed by atoms with van der Waals surface area (Å²) in [5.74, 6) is 0. The maximum Gasteiger partial charge on any atom is 0.195 e. The van der Waals surface area contributed by atoms with Gasteiger partial charge >= 0.3 is 0 Å². The first-order chi connectivity index (χ1) is 9.88. The Kier molecular flexibility index (Phi) is 2.82. The standard InChI is InChI=1S/C15H16N4S/c16-8-7-12-14(10-4-1-2-9-17-10)18-15-19(12)11-5-3-6-13(11)20-15/h1-2,4,9H,3,5-8,16H2. The number of aromatic nitrogens is 3. The van der Waals surface area contributed by atoms with Gasteiger partial charge in [0.15, 0.2) is 4.96 Å². The maximum absolute atomic E-state index is 5.81. The van der Waals surface area contributed by atoms with Gasteiger partial charge in [-0.1, -0.05) is 6.07 Å². The zero-order chi connectivity index (χ0) is 13.5. The van der Waals surface area contributed by atoms with Gasteiger partial charge in [-0.25, -0.2) is 4.98 Å². The molecule has 0 saturated heterocycles. The lowest BCUT2D eigenvalue weighted by molar-refractivity contribution is 0.853. The van der Waals surface area contributed by atoms with Crippen LogP contribution in [0.1, 0.15) is 22.7 Å². The third-order valence-corrected chi connectivity index (χ3v) is 5.00. The molecule has 20 heavy (non-hydrogen) atoms. The van der Waals surface area contributed by atoms with Crippen LogP contribution in [0.15, 0.2) is 24.4 Å².